The standard InChI is InChI=1S/C26H21ClN2O2/c1-2-17-7-13-21(14-8-17)29-25(30)23(19-9-11-20(27)12-10-19)24(26(29)31)28-16-15-18-5-3-4-6-22(18)28/h3-14H,2,15-16H2,1H3. The van der Waals surface area contributed by atoms with Gasteiger partial charge < -0.3 is 4.90 Å². The number of imide groups is 1. The number of rotatable bonds is 4. The molecule has 31 heavy (non-hydrogen) atoms. The Labute approximate surface area is 186 Å². The summed E-state index contributed by atoms with van der Waals surface area (Å²) in [6.45, 7) is 2.73. The topological polar surface area (TPSA) is 40.6 Å². The fourth-order valence-corrected chi connectivity index (χ4v) is 4.46. The van der Waals surface area contributed by atoms with Gasteiger partial charge in [-0.1, -0.05) is 61.0 Å². The van der Waals surface area contributed by atoms with E-state index in [-0.39, 0.29) is 11.8 Å². The second-order valence-electron chi connectivity index (χ2n) is 7.73. The highest BCUT2D eigenvalue weighted by atomic mass is 35.5. The number of benzene rings is 3. The highest BCUT2D eigenvalue weighted by Gasteiger charge is 2.44. The zero-order valence-electron chi connectivity index (χ0n) is 17.1. The molecule has 0 atom stereocenters. The van der Waals surface area contributed by atoms with Crippen LogP contribution in [0.5, 0.6) is 0 Å². The van der Waals surface area contributed by atoms with Crippen LogP contribution in [-0.2, 0) is 22.4 Å². The van der Waals surface area contributed by atoms with Gasteiger partial charge in [-0.05, 0) is 59.9 Å². The number of carbonyl (C=O) groups is 2. The van der Waals surface area contributed by atoms with E-state index in [2.05, 4.69) is 13.0 Å². The molecule has 5 heteroatoms. The summed E-state index contributed by atoms with van der Waals surface area (Å²) < 4.78 is 0. The summed E-state index contributed by atoms with van der Waals surface area (Å²) >= 11 is 6.08. The van der Waals surface area contributed by atoms with Crippen LogP contribution < -0.4 is 9.80 Å². The van der Waals surface area contributed by atoms with Gasteiger partial charge in [0.05, 0.1) is 11.3 Å². The minimum atomic E-state index is -0.309. The van der Waals surface area contributed by atoms with Gasteiger partial charge in [-0.2, -0.15) is 0 Å². The molecule has 0 unspecified atom stereocenters. The summed E-state index contributed by atoms with van der Waals surface area (Å²) in [7, 11) is 0. The molecule has 0 aromatic heterocycles. The number of para-hydroxylation sites is 1. The molecule has 4 nitrogen and oxygen atoms in total. The van der Waals surface area contributed by atoms with E-state index in [0.29, 0.717) is 34.1 Å². The van der Waals surface area contributed by atoms with Crippen molar-refractivity contribution in [2.45, 2.75) is 19.8 Å². The third-order valence-corrected chi connectivity index (χ3v) is 6.20. The van der Waals surface area contributed by atoms with Crippen LogP contribution in [0.25, 0.3) is 5.57 Å². The molecule has 0 radical (unpaired) electrons. The molecule has 0 aliphatic carbocycles. The molecular weight excluding hydrogens is 408 g/mol. The highest BCUT2D eigenvalue weighted by Crippen LogP contribution is 2.40. The second-order valence-corrected chi connectivity index (χ2v) is 8.16. The Kier molecular flexibility index (Phi) is 4.87. The number of nitrogens with zero attached hydrogens (tertiary/aromatic N) is 2. The van der Waals surface area contributed by atoms with Gasteiger partial charge in [0.15, 0.2) is 0 Å². The average Bonchev–Trinajstić information content (AvgIpc) is 3.32. The lowest BCUT2D eigenvalue weighted by atomic mass is 10.0. The lowest BCUT2D eigenvalue weighted by molar-refractivity contribution is -0.120. The molecule has 2 aliphatic heterocycles. The Morgan fingerprint density at radius 3 is 2.29 bits per heavy atom. The molecule has 0 spiro atoms. The molecule has 2 amide bonds. The van der Waals surface area contributed by atoms with Gasteiger partial charge in [0.25, 0.3) is 11.8 Å². The average molecular weight is 429 g/mol. The summed E-state index contributed by atoms with van der Waals surface area (Å²) in [5.74, 6) is -0.605. The molecule has 3 aromatic carbocycles. The van der Waals surface area contributed by atoms with E-state index in [0.717, 1.165) is 24.1 Å². The van der Waals surface area contributed by atoms with Gasteiger partial charge in [-0.3, -0.25) is 9.59 Å². The van der Waals surface area contributed by atoms with E-state index in [4.69, 9.17) is 11.6 Å². The summed E-state index contributed by atoms with van der Waals surface area (Å²) in [5.41, 5.74) is 5.43. The quantitative estimate of drug-likeness (QED) is 0.533. The molecule has 3 aromatic rings. The van der Waals surface area contributed by atoms with Crippen molar-refractivity contribution in [2.24, 2.45) is 0 Å². The number of hydrogen-bond acceptors (Lipinski definition) is 3. The number of hydrogen-bond donors (Lipinski definition) is 0. The minimum Gasteiger partial charge on any atom is -0.336 e. The molecule has 154 valence electrons. The third kappa shape index (κ3) is 3.24. The fraction of sp³-hybridized carbons (Fsp3) is 0.154. The van der Waals surface area contributed by atoms with Crippen molar-refractivity contribution in [2.75, 3.05) is 16.3 Å². The van der Waals surface area contributed by atoms with E-state index in [1.165, 1.54) is 10.5 Å². The molecule has 0 saturated heterocycles. The van der Waals surface area contributed by atoms with Gasteiger partial charge in [0, 0.05) is 17.3 Å². The maximum atomic E-state index is 13.7. The predicted molar refractivity (Wildman–Crippen MR) is 124 cm³/mol. The van der Waals surface area contributed by atoms with Crippen molar-refractivity contribution in [3.8, 4) is 0 Å². The van der Waals surface area contributed by atoms with Crippen molar-refractivity contribution in [3.05, 3.63) is 100 Å². The summed E-state index contributed by atoms with van der Waals surface area (Å²) in [5, 5.41) is 0.584. The van der Waals surface area contributed by atoms with Crippen LogP contribution in [0.4, 0.5) is 11.4 Å². The van der Waals surface area contributed by atoms with Crippen LogP contribution in [0.3, 0.4) is 0 Å². The van der Waals surface area contributed by atoms with Gasteiger partial charge in [0.1, 0.15) is 5.70 Å². The normalized spacial score (nSPS) is 15.8. The zero-order valence-corrected chi connectivity index (χ0v) is 17.9. The maximum Gasteiger partial charge on any atom is 0.282 e. The van der Waals surface area contributed by atoms with Crippen LogP contribution >= 0.6 is 11.6 Å². The Hall–Kier alpha value is -3.37. The van der Waals surface area contributed by atoms with Crippen molar-refractivity contribution in [1.82, 2.24) is 0 Å². The molecule has 2 heterocycles. The first-order valence-corrected chi connectivity index (χ1v) is 10.8. The molecule has 2 aliphatic rings. The number of amides is 2. The monoisotopic (exact) mass is 428 g/mol. The number of fused-ring (bicyclic) bond motifs is 1. The van der Waals surface area contributed by atoms with Crippen molar-refractivity contribution < 1.29 is 9.59 Å². The van der Waals surface area contributed by atoms with Crippen molar-refractivity contribution in [1.29, 1.82) is 0 Å². The smallest absolute Gasteiger partial charge is 0.282 e. The third-order valence-electron chi connectivity index (χ3n) is 5.95. The van der Waals surface area contributed by atoms with Crippen molar-refractivity contribution in [3.63, 3.8) is 0 Å². The molecule has 0 saturated carbocycles. The Bertz CT molecular complexity index is 1210. The fourth-order valence-electron chi connectivity index (χ4n) is 4.33. The van der Waals surface area contributed by atoms with Crippen LogP contribution in [0.15, 0.2) is 78.5 Å². The van der Waals surface area contributed by atoms with Crippen LogP contribution in [0.1, 0.15) is 23.6 Å². The van der Waals surface area contributed by atoms with E-state index in [1.54, 1.807) is 24.3 Å². The lowest BCUT2D eigenvalue weighted by Crippen LogP contribution is -2.34. The van der Waals surface area contributed by atoms with Gasteiger partial charge in [-0.25, -0.2) is 4.90 Å². The Morgan fingerprint density at radius 1 is 0.871 bits per heavy atom. The lowest BCUT2D eigenvalue weighted by Gasteiger charge is -2.22. The van der Waals surface area contributed by atoms with E-state index >= 15 is 0 Å². The molecule has 0 bridgehead atoms. The van der Waals surface area contributed by atoms with E-state index < -0.39 is 0 Å². The summed E-state index contributed by atoms with van der Waals surface area (Å²) in [6, 6.07) is 22.7. The Balaban J connectivity index is 1.65. The minimum absolute atomic E-state index is 0.295. The van der Waals surface area contributed by atoms with Crippen molar-refractivity contribution >= 4 is 40.4 Å². The zero-order chi connectivity index (χ0) is 21.5. The molecule has 5 rings (SSSR count). The number of halogens is 1. The van der Waals surface area contributed by atoms with Gasteiger partial charge in [-0.15, -0.1) is 0 Å². The first-order chi connectivity index (χ1) is 15.1. The second kappa shape index (κ2) is 7.71. The molecule has 0 N–H and O–H groups in total. The van der Waals surface area contributed by atoms with Crippen LogP contribution in [-0.4, -0.2) is 18.4 Å². The number of anilines is 2. The number of carbonyl (C=O) groups excluding carboxylic acids is 2. The highest BCUT2D eigenvalue weighted by molar-refractivity contribution is 6.46. The number of aryl methyl sites for hydroxylation is 1. The van der Waals surface area contributed by atoms with E-state index in [1.807, 2.05) is 47.4 Å². The SMILES string of the molecule is CCc1ccc(N2C(=O)C(c3ccc(Cl)cc3)=C(N3CCc4ccccc43)C2=O)cc1. The molecular formula is C26H21ClN2O2. The first-order valence-electron chi connectivity index (χ1n) is 10.4. The van der Waals surface area contributed by atoms with Gasteiger partial charge >= 0.3 is 0 Å². The van der Waals surface area contributed by atoms with Crippen LogP contribution in [0.2, 0.25) is 5.02 Å². The Morgan fingerprint density at radius 2 is 1.58 bits per heavy atom. The summed E-state index contributed by atoms with van der Waals surface area (Å²) in [4.78, 5) is 30.6. The largest absolute Gasteiger partial charge is 0.336 e. The predicted octanol–water partition coefficient (Wildman–Crippen LogP) is 5.25. The summed E-state index contributed by atoms with van der Waals surface area (Å²) in [6.07, 6.45) is 1.73. The first kappa shape index (κ1) is 19.6. The van der Waals surface area contributed by atoms with Crippen LogP contribution in [0, 0.1) is 0 Å². The molecule has 0 fully saturated rings. The van der Waals surface area contributed by atoms with Gasteiger partial charge in [0.2, 0.25) is 0 Å². The maximum absolute atomic E-state index is 13.7. The van der Waals surface area contributed by atoms with E-state index in [9.17, 15) is 9.59 Å².